The molecule has 0 aromatic heterocycles. The predicted octanol–water partition coefficient (Wildman–Crippen LogP) is 0.294. The van der Waals surface area contributed by atoms with Crippen LogP contribution in [0.1, 0.15) is 34.2 Å². The maximum Gasteiger partial charge on any atom is 0.187 e. The Morgan fingerprint density at radius 1 is 0.364 bits per heavy atom. The number of hydrogen-bond donors (Lipinski definition) is 13. The van der Waals surface area contributed by atoms with Gasteiger partial charge in [0.05, 0.1) is 31.4 Å². The van der Waals surface area contributed by atoms with Crippen LogP contribution < -0.4 is 26.6 Å². The van der Waals surface area contributed by atoms with Crippen molar-refractivity contribution in [3.05, 3.63) is 179 Å². The maximum atomic E-state index is 12.6. The van der Waals surface area contributed by atoms with Gasteiger partial charge < -0.3 is 95.9 Å². The quantitative estimate of drug-likeness (QED) is 0.0396. The van der Waals surface area contributed by atoms with Crippen molar-refractivity contribution in [2.24, 2.45) is 0 Å². The van der Waals surface area contributed by atoms with Crippen LogP contribution in [0.3, 0.4) is 0 Å². The smallest absolute Gasteiger partial charge is 0.187 e. The number of aliphatic hydroxyl groups is 8. The van der Waals surface area contributed by atoms with E-state index >= 15 is 0 Å². The van der Waals surface area contributed by atoms with E-state index in [1.54, 1.807) is 0 Å². The standard InChI is InChI=1S/C58H75N5O14/c64-33-43-49(68)51(70)46(63-31-39-24-14-5-15-25-39)57(73-43)75-53-41(61-29-37-20-10-3-11-21-37)26-40(60-28-36-18-8-2-9-19-36)47(66)55(53)77-58-52(71)54(44(34-65)74-58)76-56-45(62-30-38-22-12-4-13-23-38)50(69)48(67)42(72-56)32-59-27-35-16-6-1-7-17-35/h1-25,40-71H,26-34H2/t40-,41+,42?,43-,44-,45-,46-,47+,48-,49-,50-,51-,52-,53-,54-,55-,56-,57-,58+/m1/s1. The first kappa shape index (κ1) is 57.0. The highest BCUT2D eigenvalue weighted by molar-refractivity contribution is 5.19. The zero-order valence-corrected chi connectivity index (χ0v) is 42.8. The van der Waals surface area contributed by atoms with Crippen LogP contribution in [-0.4, -0.2) is 177 Å². The van der Waals surface area contributed by atoms with Gasteiger partial charge in [0.1, 0.15) is 67.1 Å². The highest BCUT2D eigenvalue weighted by Gasteiger charge is 2.56. The molecule has 1 aliphatic carbocycles. The van der Waals surface area contributed by atoms with Crippen molar-refractivity contribution in [1.29, 1.82) is 0 Å². The molecule has 0 spiro atoms. The normalized spacial score (nSPS) is 34.5. The van der Waals surface area contributed by atoms with E-state index in [9.17, 15) is 40.9 Å². The first-order chi connectivity index (χ1) is 37.6. The zero-order chi connectivity index (χ0) is 53.7. The molecule has 4 aliphatic rings. The first-order valence-corrected chi connectivity index (χ1v) is 26.6. The van der Waals surface area contributed by atoms with E-state index in [1.165, 1.54) is 0 Å². The molecule has 0 bridgehead atoms. The molecule has 4 fully saturated rings. The van der Waals surface area contributed by atoms with Gasteiger partial charge in [0.15, 0.2) is 18.9 Å². The second-order valence-electron chi connectivity index (χ2n) is 20.3. The highest BCUT2D eigenvalue weighted by atomic mass is 16.8. The molecule has 0 radical (unpaired) electrons. The van der Waals surface area contributed by atoms with Crippen LogP contribution in [0.4, 0.5) is 0 Å². The Labute approximate surface area is 449 Å². The van der Waals surface area contributed by atoms with E-state index in [0.29, 0.717) is 19.6 Å². The van der Waals surface area contributed by atoms with Crippen molar-refractivity contribution in [1.82, 2.24) is 26.6 Å². The van der Waals surface area contributed by atoms with Gasteiger partial charge in [0, 0.05) is 51.4 Å². The fourth-order valence-corrected chi connectivity index (χ4v) is 10.7. The molecule has 77 heavy (non-hydrogen) atoms. The Morgan fingerprint density at radius 2 is 0.740 bits per heavy atom. The molecule has 13 N–H and O–H groups in total. The molecule has 3 aliphatic heterocycles. The van der Waals surface area contributed by atoms with Gasteiger partial charge in [-0.3, -0.25) is 0 Å². The lowest BCUT2D eigenvalue weighted by Crippen LogP contribution is -2.69. The number of nitrogens with one attached hydrogen (secondary N) is 5. The lowest BCUT2D eigenvalue weighted by molar-refractivity contribution is -0.316. The third-order valence-electron chi connectivity index (χ3n) is 15.0. The van der Waals surface area contributed by atoms with Crippen LogP contribution in [0, 0.1) is 0 Å². The fraction of sp³-hybridized carbons (Fsp3) is 0.483. The maximum absolute atomic E-state index is 12.6. The van der Waals surface area contributed by atoms with Crippen LogP contribution >= 0.6 is 0 Å². The van der Waals surface area contributed by atoms with Crippen molar-refractivity contribution in [3.63, 3.8) is 0 Å². The van der Waals surface area contributed by atoms with Gasteiger partial charge in [-0.15, -0.1) is 0 Å². The minimum atomic E-state index is -1.65. The number of benzene rings is 5. The lowest BCUT2D eigenvalue weighted by Gasteiger charge is -2.49. The van der Waals surface area contributed by atoms with E-state index in [0.717, 1.165) is 27.8 Å². The van der Waals surface area contributed by atoms with Crippen molar-refractivity contribution in [2.45, 2.75) is 155 Å². The second-order valence-corrected chi connectivity index (χ2v) is 20.3. The summed E-state index contributed by atoms with van der Waals surface area (Å²) < 4.78 is 39.4. The fourth-order valence-electron chi connectivity index (χ4n) is 10.7. The molecule has 1 unspecified atom stereocenters. The summed E-state index contributed by atoms with van der Waals surface area (Å²) in [4.78, 5) is 0. The molecule has 416 valence electrons. The monoisotopic (exact) mass is 1070 g/mol. The summed E-state index contributed by atoms with van der Waals surface area (Å²) in [5.41, 5.74) is 4.68. The summed E-state index contributed by atoms with van der Waals surface area (Å²) >= 11 is 0. The van der Waals surface area contributed by atoms with Crippen molar-refractivity contribution >= 4 is 0 Å². The van der Waals surface area contributed by atoms with Gasteiger partial charge in [-0.05, 0) is 34.2 Å². The number of rotatable bonds is 24. The predicted molar refractivity (Wildman–Crippen MR) is 282 cm³/mol. The summed E-state index contributed by atoms with van der Waals surface area (Å²) in [5, 5.41) is 109. The molecule has 19 atom stereocenters. The van der Waals surface area contributed by atoms with Gasteiger partial charge in [0.2, 0.25) is 0 Å². The molecular weight excluding hydrogens is 991 g/mol. The van der Waals surface area contributed by atoms with Gasteiger partial charge in [-0.1, -0.05) is 152 Å². The average Bonchev–Trinajstić information content (AvgIpc) is 3.83. The molecule has 5 aromatic rings. The molecule has 19 heteroatoms. The third kappa shape index (κ3) is 14.6. The molecule has 5 aromatic carbocycles. The molecule has 0 amide bonds. The second kappa shape index (κ2) is 28.0. The van der Waals surface area contributed by atoms with Gasteiger partial charge in [-0.25, -0.2) is 0 Å². The molecule has 9 rings (SSSR count). The van der Waals surface area contributed by atoms with Crippen molar-refractivity contribution in [3.8, 4) is 0 Å². The van der Waals surface area contributed by atoms with Gasteiger partial charge >= 0.3 is 0 Å². The summed E-state index contributed by atoms with van der Waals surface area (Å²) in [6, 6.07) is 44.6. The average molecular weight is 1070 g/mol. The van der Waals surface area contributed by atoms with E-state index in [1.807, 2.05) is 152 Å². The first-order valence-electron chi connectivity index (χ1n) is 26.6. The van der Waals surface area contributed by atoms with E-state index in [-0.39, 0.29) is 26.1 Å². The Kier molecular flexibility index (Phi) is 20.7. The van der Waals surface area contributed by atoms with E-state index in [4.69, 9.17) is 28.4 Å². The summed E-state index contributed by atoms with van der Waals surface area (Å²) in [6.45, 7) is 0.534. The minimum Gasteiger partial charge on any atom is -0.394 e. The number of hydrogen-bond acceptors (Lipinski definition) is 19. The zero-order valence-electron chi connectivity index (χ0n) is 42.8. The summed E-state index contributed by atoms with van der Waals surface area (Å²) in [6.07, 6.45) is -19.9. The highest BCUT2D eigenvalue weighted by Crippen LogP contribution is 2.36. The van der Waals surface area contributed by atoms with Crippen LogP contribution in [0.2, 0.25) is 0 Å². The Morgan fingerprint density at radius 3 is 1.21 bits per heavy atom. The molecular formula is C58H75N5O14. The minimum absolute atomic E-state index is 0.125. The SMILES string of the molecule is OC[C@H]1O[C@H](O[C@H]2[C@H](O[C@@H]3O[C@H](CO)[C@@H](O[C@H]4OC(CNCc5ccccc5)[C@@H](O)[C@H](O)[C@H]4NCc4ccccc4)[C@H]3O)[C@@H](O)[C@H](NCc3ccccc3)C[C@@H]2NCc2ccccc2)[C@H](NCc2ccccc2)[C@@H](O)[C@@H]1O. The molecule has 3 saturated heterocycles. The van der Waals surface area contributed by atoms with Crippen LogP contribution in [0.5, 0.6) is 0 Å². The lowest BCUT2D eigenvalue weighted by atomic mass is 9.82. The topological polar surface area (TPSA) is 277 Å². The number of ether oxygens (including phenoxy) is 6. The summed E-state index contributed by atoms with van der Waals surface area (Å²) in [5.74, 6) is 0. The number of aliphatic hydroxyl groups excluding tert-OH is 8. The molecule has 1 saturated carbocycles. The Balaban J connectivity index is 1.00. The van der Waals surface area contributed by atoms with Crippen molar-refractivity contribution in [2.75, 3.05) is 19.8 Å². The molecule has 3 heterocycles. The van der Waals surface area contributed by atoms with E-state index in [2.05, 4.69) is 26.6 Å². The van der Waals surface area contributed by atoms with E-state index < -0.39 is 129 Å². The van der Waals surface area contributed by atoms with Crippen LogP contribution in [0.15, 0.2) is 152 Å². The van der Waals surface area contributed by atoms with Crippen LogP contribution in [0.25, 0.3) is 0 Å². The van der Waals surface area contributed by atoms with Gasteiger partial charge in [-0.2, -0.15) is 0 Å². The van der Waals surface area contributed by atoms with Gasteiger partial charge in [0.25, 0.3) is 0 Å². The summed E-state index contributed by atoms with van der Waals surface area (Å²) in [7, 11) is 0. The molecule has 19 nitrogen and oxygen atoms in total. The Bertz CT molecular complexity index is 2470. The van der Waals surface area contributed by atoms with Crippen LogP contribution in [-0.2, 0) is 61.1 Å². The third-order valence-corrected chi connectivity index (χ3v) is 15.0. The Hall–Kier alpha value is -4.66. The van der Waals surface area contributed by atoms with Crippen molar-refractivity contribution < 1.29 is 69.3 Å². The largest absolute Gasteiger partial charge is 0.394 e.